The first-order valence-corrected chi connectivity index (χ1v) is 9.06. The maximum absolute atomic E-state index is 12.3. The molecule has 10 heteroatoms. The van der Waals surface area contributed by atoms with E-state index < -0.39 is 0 Å². The third-order valence-corrected chi connectivity index (χ3v) is 4.33. The molecule has 2 heterocycles. The van der Waals surface area contributed by atoms with Crippen LogP contribution in [0.25, 0.3) is 0 Å². The summed E-state index contributed by atoms with van der Waals surface area (Å²) in [5.74, 6) is 1.53. The lowest BCUT2D eigenvalue weighted by Gasteiger charge is -2.02. The van der Waals surface area contributed by atoms with Gasteiger partial charge in [0, 0.05) is 17.7 Å². The molecule has 0 unspecified atom stereocenters. The quantitative estimate of drug-likeness (QED) is 0.408. The highest BCUT2D eigenvalue weighted by atomic mass is 32.2. The minimum absolute atomic E-state index is 0.152. The van der Waals surface area contributed by atoms with E-state index in [0.717, 1.165) is 0 Å². The predicted octanol–water partition coefficient (Wildman–Crippen LogP) is 2.22. The minimum atomic E-state index is -0.335. The van der Waals surface area contributed by atoms with E-state index in [4.69, 9.17) is 14.2 Å². The first-order valence-electron chi connectivity index (χ1n) is 8.07. The summed E-state index contributed by atoms with van der Waals surface area (Å²) in [6, 6.07) is 4.94. The summed E-state index contributed by atoms with van der Waals surface area (Å²) in [4.78, 5) is 27.7. The van der Waals surface area contributed by atoms with Crippen LogP contribution in [-0.4, -0.2) is 46.2 Å². The zero-order valence-electron chi connectivity index (χ0n) is 14.1. The van der Waals surface area contributed by atoms with Gasteiger partial charge in [0.25, 0.3) is 5.91 Å². The van der Waals surface area contributed by atoms with Crippen molar-refractivity contribution in [3.05, 3.63) is 23.8 Å². The second-order valence-corrected chi connectivity index (χ2v) is 6.31. The molecule has 0 aliphatic carbocycles. The van der Waals surface area contributed by atoms with Crippen molar-refractivity contribution in [3.63, 3.8) is 0 Å². The van der Waals surface area contributed by atoms with Crippen LogP contribution >= 0.6 is 11.8 Å². The van der Waals surface area contributed by atoms with Crippen molar-refractivity contribution in [2.24, 2.45) is 0 Å². The van der Waals surface area contributed by atoms with Gasteiger partial charge in [-0.15, -0.1) is 5.10 Å². The maximum atomic E-state index is 12.3. The number of aromatic amines is 1. The van der Waals surface area contributed by atoms with Crippen LogP contribution in [0.4, 0.5) is 5.95 Å². The van der Waals surface area contributed by atoms with Crippen molar-refractivity contribution in [2.45, 2.75) is 24.9 Å². The van der Waals surface area contributed by atoms with E-state index in [0.29, 0.717) is 47.4 Å². The van der Waals surface area contributed by atoms with Crippen molar-refractivity contribution in [3.8, 4) is 11.5 Å². The number of fused-ring (bicyclic) bond motifs is 1. The molecule has 0 spiro atoms. The van der Waals surface area contributed by atoms with Crippen LogP contribution in [0.1, 0.15) is 30.1 Å². The van der Waals surface area contributed by atoms with Crippen LogP contribution in [0.2, 0.25) is 0 Å². The molecule has 1 amide bonds. The van der Waals surface area contributed by atoms with Gasteiger partial charge in [-0.05, 0) is 31.5 Å². The fourth-order valence-electron chi connectivity index (χ4n) is 2.20. The first-order chi connectivity index (χ1) is 12.7. The van der Waals surface area contributed by atoms with E-state index in [2.05, 4.69) is 20.5 Å². The Morgan fingerprint density at radius 2 is 2.19 bits per heavy atom. The molecular formula is C16H18N4O5S. The zero-order valence-corrected chi connectivity index (χ0v) is 14.9. The molecule has 138 valence electrons. The average Bonchev–Trinajstić information content (AvgIpc) is 3.27. The van der Waals surface area contributed by atoms with Gasteiger partial charge in [0.05, 0.1) is 6.61 Å². The molecule has 1 aliphatic rings. The number of carbonyl (C=O) groups excluding carboxylic acids is 2. The van der Waals surface area contributed by atoms with Crippen LogP contribution in [0.5, 0.6) is 11.5 Å². The molecule has 1 aromatic heterocycles. The van der Waals surface area contributed by atoms with Gasteiger partial charge in [-0.1, -0.05) is 11.8 Å². The molecule has 2 aromatic rings. The van der Waals surface area contributed by atoms with E-state index in [1.54, 1.807) is 25.1 Å². The smallest absolute Gasteiger partial charge is 0.305 e. The number of H-pyrrole nitrogens is 1. The van der Waals surface area contributed by atoms with Gasteiger partial charge in [-0.3, -0.25) is 14.9 Å². The van der Waals surface area contributed by atoms with Crippen LogP contribution in [0, 0.1) is 0 Å². The SMILES string of the molecule is CCOC(=O)CCCSc1n[nH]c(NC(=O)c2ccc3c(c2)OCO3)n1. The molecule has 3 rings (SSSR count). The van der Waals surface area contributed by atoms with Gasteiger partial charge < -0.3 is 14.2 Å². The number of hydrogen-bond acceptors (Lipinski definition) is 8. The molecule has 2 N–H and O–H groups in total. The van der Waals surface area contributed by atoms with Crippen molar-refractivity contribution in [2.75, 3.05) is 24.5 Å². The molecule has 1 aromatic carbocycles. The topological polar surface area (TPSA) is 115 Å². The van der Waals surface area contributed by atoms with Crippen molar-refractivity contribution < 1.29 is 23.8 Å². The number of nitrogens with zero attached hydrogens (tertiary/aromatic N) is 2. The minimum Gasteiger partial charge on any atom is -0.466 e. The van der Waals surface area contributed by atoms with E-state index in [1.165, 1.54) is 11.8 Å². The molecule has 0 saturated carbocycles. The summed E-state index contributed by atoms with van der Waals surface area (Å²) < 4.78 is 15.3. The second-order valence-electron chi connectivity index (χ2n) is 5.25. The number of thioether (sulfide) groups is 1. The maximum Gasteiger partial charge on any atom is 0.305 e. The number of esters is 1. The van der Waals surface area contributed by atoms with Crippen LogP contribution in [0.15, 0.2) is 23.4 Å². The highest BCUT2D eigenvalue weighted by molar-refractivity contribution is 7.99. The highest BCUT2D eigenvalue weighted by Crippen LogP contribution is 2.32. The largest absolute Gasteiger partial charge is 0.466 e. The van der Waals surface area contributed by atoms with Gasteiger partial charge in [0.2, 0.25) is 17.9 Å². The van der Waals surface area contributed by atoms with Gasteiger partial charge in [-0.25, -0.2) is 5.10 Å². The number of anilines is 1. The summed E-state index contributed by atoms with van der Waals surface area (Å²) in [7, 11) is 0. The lowest BCUT2D eigenvalue weighted by atomic mass is 10.2. The Morgan fingerprint density at radius 1 is 1.35 bits per heavy atom. The zero-order chi connectivity index (χ0) is 18.4. The van der Waals surface area contributed by atoms with E-state index in [-0.39, 0.29) is 24.6 Å². The number of carbonyl (C=O) groups is 2. The van der Waals surface area contributed by atoms with E-state index >= 15 is 0 Å². The number of rotatable bonds is 8. The molecular weight excluding hydrogens is 360 g/mol. The summed E-state index contributed by atoms with van der Waals surface area (Å²) >= 11 is 1.39. The number of hydrogen-bond donors (Lipinski definition) is 2. The first kappa shape index (κ1) is 18.1. The van der Waals surface area contributed by atoms with Crippen molar-refractivity contribution in [1.82, 2.24) is 15.2 Å². The molecule has 0 atom stereocenters. The standard InChI is InChI=1S/C16H18N4O5S/c1-2-23-13(21)4-3-7-26-16-18-15(19-20-16)17-14(22)10-5-6-11-12(8-10)25-9-24-11/h5-6,8H,2-4,7,9H2,1H3,(H2,17,18,19,20,22). The lowest BCUT2D eigenvalue weighted by Crippen LogP contribution is -2.12. The molecule has 1 aliphatic heterocycles. The average molecular weight is 378 g/mol. The van der Waals surface area contributed by atoms with E-state index in [1.807, 2.05) is 0 Å². The van der Waals surface area contributed by atoms with Crippen LogP contribution < -0.4 is 14.8 Å². The molecule has 26 heavy (non-hydrogen) atoms. The third-order valence-electron chi connectivity index (χ3n) is 3.39. The summed E-state index contributed by atoms with van der Waals surface area (Å²) in [6.07, 6.45) is 1.02. The Kier molecular flexibility index (Phi) is 5.95. The van der Waals surface area contributed by atoms with Crippen molar-refractivity contribution >= 4 is 29.6 Å². The molecule has 0 radical (unpaired) electrons. The molecule has 0 fully saturated rings. The summed E-state index contributed by atoms with van der Waals surface area (Å²) in [5.41, 5.74) is 0.425. The Morgan fingerprint density at radius 3 is 3.04 bits per heavy atom. The monoisotopic (exact) mass is 378 g/mol. The number of amides is 1. The number of nitrogens with one attached hydrogen (secondary N) is 2. The van der Waals surface area contributed by atoms with E-state index in [9.17, 15) is 9.59 Å². The van der Waals surface area contributed by atoms with Gasteiger partial charge in [-0.2, -0.15) is 4.98 Å². The normalized spacial score (nSPS) is 12.0. The highest BCUT2D eigenvalue weighted by Gasteiger charge is 2.17. The van der Waals surface area contributed by atoms with Gasteiger partial charge >= 0.3 is 5.97 Å². The Bertz CT molecular complexity index is 795. The van der Waals surface area contributed by atoms with Gasteiger partial charge in [0.15, 0.2) is 11.5 Å². The van der Waals surface area contributed by atoms with Gasteiger partial charge in [0.1, 0.15) is 0 Å². The fourth-order valence-corrected chi connectivity index (χ4v) is 2.93. The number of aromatic nitrogens is 3. The molecule has 0 bridgehead atoms. The lowest BCUT2D eigenvalue weighted by molar-refractivity contribution is -0.143. The number of benzene rings is 1. The van der Waals surface area contributed by atoms with Crippen LogP contribution in [0.3, 0.4) is 0 Å². The Labute approximate surface area is 153 Å². The second kappa shape index (κ2) is 8.56. The summed E-state index contributed by atoms with van der Waals surface area (Å²) in [6.45, 7) is 2.32. The Balaban J connectivity index is 1.47. The Hall–Kier alpha value is -2.75. The molecule has 0 saturated heterocycles. The third kappa shape index (κ3) is 4.66. The predicted molar refractivity (Wildman–Crippen MR) is 93.5 cm³/mol. The summed E-state index contributed by atoms with van der Waals surface area (Å²) in [5, 5.41) is 9.83. The number of ether oxygens (including phenoxy) is 3. The van der Waals surface area contributed by atoms with Crippen LogP contribution in [-0.2, 0) is 9.53 Å². The van der Waals surface area contributed by atoms with Crippen molar-refractivity contribution in [1.29, 1.82) is 0 Å². The molecule has 9 nitrogen and oxygen atoms in total. The fraction of sp³-hybridized carbons (Fsp3) is 0.375.